The maximum atomic E-state index is 5.43. The van der Waals surface area contributed by atoms with E-state index in [-0.39, 0.29) is 0 Å². The standard InChI is InChI=1S/C12H18BrNOS/c1-2-14-12(9-3-5-15-6-4-9)10-7-11(13)16-8-10/h7-9,12,14H,2-6H2,1H3. The zero-order valence-corrected chi connectivity index (χ0v) is 11.9. The van der Waals surface area contributed by atoms with Gasteiger partial charge in [-0.15, -0.1) is 11.3 Å². The summed E-state index contributed by atoms with van der Waals surface area (Å²) < 4.78 is 6.65. The molecule has 90 valence electrons. The van der Waals surface area contributed by atoms with E-state index in [0.717, 1.165) is 25.7 Å². The average Bonchev–Trinajstić information content (AvgIpc) is 2.74. The number of hydrogen-bond acceptors (Lipinski definition) is 3. The van der Waals surface area contributed by atoms with E-state index in [2.05, 4.69) is 39.6 Å². The summed E-state index contributed by atoms with van der Waals surface area (Å²) in [6.45, 7) is 5.03. The zero-order valence-electron chi connectivity index (χ0n) is 9.54. The highest BCUT2D eigenvalue weighted by Gasteiger charge is 2.25. The van der Waals surface area contributed by atoms with Crippen molar-refractivity contribution in [2.75, 3.05) is 19.8 Å². The third kappa shape index (κ3) is 3.06. The highest BCUT2D eigenvalue weighted by molar-refractivity contribution is 9.11. The molecule has 0 amide bonds. The van der Waals surface area contributed by atoms with E-state index in [4.69, 9.17) is 4.74 Å². The minimum atomic E-state index is 0.497. The van der Waals surface area contributed by atoms with Crippen molar-refractivity contribution in [3.05, 3.63) is 20.8 Å². The van der Waals surface area contributed by atoms with Crippen LogP contribution in [0, 0.1) is 5.92 Å². The molecule has 2 nitrogen and oxygen atoms in total. The Bertz CT molecular complexity index is 323. The Balaban J connectivity index is 2.09. The van der Waals surface area contributed by atoms with E-state index < -0.39 is 0 Å². The molecule has 1 N–H and O–H groups in total. The molecular formula is C12H18BrNOS. The first kappa shape index (κ1) is 12.6. The molecular weight excluding hydrogens is 286 g/mol. The Morgan fingerprint density at radius 1 is 1.56 bits per heavy atom. The maximum Gasteiger partial charge on any atom is 0.0701 e. The SMILES string of the molecule is CCNC(c1csc(Br)c1)C1CCOCC1. The van der Waals surface area contributed by atoms with Gasteiger partial charge < -0.3 is 10.1 Å². The number of ether oxygens (including phenoxy) is 1. The van der Waals surface area contributed by atoms with E-state index >= 15 is 0 Å². The summed E-state index contributed by atoms with van der Waals surface area (Å²) in [7, 11) is 0. The number of hydrogen-bond donors (Lipinski definition) is 1. The number of thiophene rings is 1. The Morgan fingerprint density at radius 2 is 2.31 bits per heavy atom. The minimum Gasteiger partial charge on any atom is -0.381 e. The quantitative estimate of drug-likeness (QED) is 0.918. The molecule has 1 aromatic heterocycles. The molecule has 0 radical (unpaired) electrons. The first-order chi connectivity index (χ1) is 7.81. The van der Waals surface area contributed by atoms with Crippen LogP contribution in [0.5, 0.6) is 0 Å². The van der Waals surface area contributed by atoms with Gasteiger partial charge in [-0.25, -0.2) is 0 Å². The smallest absolute Gasteiger partial charge is 0.0701 e. The lowest BCUT2D eigenvalue weighted by atomic mass is 9.88. The number of nitrogens with one attached hydrogen (secondary N) is 1. The number of rotatable bonds is 4. The summed E-state index contributed by atoms with van der Waals surface area (Å²) in [5, 5.41) is 5.87. The fourth-order valence-corrected chi connectivity index (χ4v) is 3.52. The highest BCUT2D eigenvalue weighted by atomic mass is 79.9. The summed E-state index contributed by atoms with van der Waals surface area (Å²) in [6, 6.07) is 2.74. The van der Waals surface area contributed by atoms with Crippen molar-refractivity contribution in [2.45, 2.75) is 25.8 Å². The predicted molar refractivity (Wildman–Crippen MR) is 72.0 cm³/mol. The second kappa shape index (κ2) is 6.15. The van der Waals surface area contributed by atoms with Gasteiger partial charge in [-0.1, -0.05) is 6.92 Å². The molecule has 1 atom stereocenters. The fraction of sp³-hybridized carbons (Fsp3) is 0.667. The van der Waals surface area contributed by atoms with Crippen LogP contribution in [0.3, 0.4) is 0 Å². The topological polar surface area (TPSA) is 21.3 Å². The molecule has 0 aromatic carbocycles. The van der Waals surface area contributed by atoms with Crippen LogP contribution in [-0.2, 0) is 4.74 Å². The van der Waals surface area contributed by atoms with Crippen LogP contribution < -0.4 is 5.32 Å². The summed E-state index contributed by atoms with van der Waals surface area (Å²) in [5.41, 5.74) is 1.42. The largest absolute Gasteiger partial charge is 0.381 e. The Kier molecular flexibility index (Phi) is 4.82. The van der Waals surface area contributed by atoms with Crippen LogP contribution in [0.2, 0.25) is 0 Å². The van der Waals surface area contributed by atoms with Crippen LogP contribution in [0.25, 0.3) is 0 Å². The minimum absolute atomic E-state index is 0.497. The van der Waals surface area contributed by atoms with Crippen LogP contribution in [0.4, 0.5) is 0 Å². The second-order valence-corrected chi connectivity index (χ2v) is 6.46. The normalized spacial score (nSPS) is 19.9. The number of halogens is 1. The van der Waals surface area contributed by atoms with Gasteiger partial charge in [-0.3, -0.25) is 0 Å². The summed E-state index contributed by atoms with van der Waals surface area (Å²) in [4.78, 5) is 0. The molecule has 1 aliphatic heterocycles. The molecule has 0 spiro atoms. The van der Waals surface area contributed by atoms with Gasteiger partial charge in [0, 0.05) is 19.3 Å². The molecule has 16 heavy (non-hydrogen) atoms. The van der Waals surface area contributed by atoms with Crippen molar-refractivity contribution in [3.63, 3.8) is 0 Å². The van der Waals surface area contributed by atoms with Crippen LogP contribution in [0.1, 0.15) is 31.4 Å². The van der Waals surface area contributed by atoms with Crippen molar-refractivity contribution < 1.29 is 4.74 Å². The van der Waals surface area contributed by atoms with Gasteiger partial charge >= 0.3 is 0 Å². The van der Waals surface area contributed by atoms with Gasteiger partial charge in [0.05, 0.1) is 3.79 Å². The monoisotopic (exact) mass is 303 g/mol. The fourth-order valence-electron chi connectivity index (χ4n) is 2.31. The lowest BCUT2D eigenvalue weighted by Crippen LogP contribution is -2.31. The molecule has 1 aliphatic rings. The van der Waals surface area contributed by atoms with E-state index in [1.807, 2.05) is 0 Å². The molecule has 2 heterocycles. The van der Waals surface area contributed by atoms with Gasteiger partial charge in [0.25, 0.3) is 0 Å². The zero-order chi connectivity index (χ0) is 11.4. The van der Waals surface area contributed by atoms with Gasteiger partial charge in [-0.05, 0) is 58.2 Å². The van der Waals surface area contributed by atoms with Crippen molar-refractivity contribution in [3.8, 4) is 0 Å². The lowest BCUT2D eigenvalue weighted by Gasteiger charge is -2.30. The van der Waals surface area contributed by atoms with Gasteiger partial charge in [0.1, 0.15) is 0 Å². The lowest BCUT2D eigenvalue weighted by molar-refractivity contribution is 0.0539. The van der Waals surface area contributed by atoms with Gasteiger partial charge in [0.15, 0.2) is 0 Å². The molecule has 1 unspecified atom stereocenters. The molecule has 1 aromatic rings. The molecule has 2 rings (SSSR count). The van der Waals surface area contributed by atoms with Crippen molar-refractivity contribution in [1.29, 1.82) is 0 Å². The van der Waals surface area contributed by atoms with E-state index in [9.17, 15) is 0 Å². The molecule has 4 heteroatoms. The average molecular weight is 304 g/mol. The summed E-state index contributed by atoms with van der Waals surface area (Å²) >= 11 is 5.31. The first-order valence-electron chi connectivity index (χ1n) is 5.86. The molecule has 0 aliphatic carbocycles. The van der Waals surface area contributed by atoms with Crippen LogP contribution in [0.15, 0.2) is 15.2 Å². The van der Waals surface area contributed by atoms with E-state index in [1.54, 1.807) is 11.3 Å². The van der Waals surface area contributed by atoms with E-state index in [1.165, 1.54) is 22.2 Å². The molecule has 0 bridgehead atoms. The van der Waals surface area contributed by atoms with Crippen LogP contribution in [-0.4, -0.2) is 19.8 Å². The van der Waals surface area contributed by atoms with E-state index in [0.29, 0.717) is 6.04 Å². The van der Waals surface area contributed by atoms with Crippen LogP contribution >= 0.6 is 27.3 Å². The summed E-state index contributed by atoms with van der Waals surface area (Å²) in [5.74, 6) is 0.718. The summed E-state index contributed by atoms with van der Waals surface area (Å²) in [6.07, 6.45) is 2.34. The molecule has 1 saturated heterocycles. The van der Waals surface area contributed by atoms with Crippen molar-refractivity contribution in [2.24, 2.45) is 5.92 Å². The third-order valence-electron chi connectivity index (χ3n) is 3.11. The van der Waals surface area contributed by atoms with Crippen molar-refractivity contribution >= 4 is 27.3 Å². The second-order valence-electron chi connectivity index (χ2n) is 4.17. The van der Waals surface area contributed by atoms with Gasteiger partial charge in [-0.2, -0.15) is 0 Å². The van der Waals surface area contributed by atoms with Crippen molar-refractivity contribution in [1.82, 2.24) is 5.32 Å². The Morgan fingerprint density at radius 3 is 2.88 bits per heavy atom. The molecule has 0 saturated carbocycles. The maximum absolute atomic E-state index is 5.43. The molecule has 1 fully saturated rings. The predicted octanol–water partition coefficient (Wildman–Crippen LogP) is 3.59. The Labute approximate surface area is 110 Å². The highest BCUT2D eigenvalue weighted by Crippen LogP contribution is 2.33. The van der Waals surface area contributed by atoms with Gasteiger partial charge in [0.2, 0.25) is 0 Å². The Hall–Kier alpha value is 0.1000. The third-order valence-corrected chi connectivity index (χ3v) is 4.63. The first-order valence-corrected chi connectivity index (χ1v) is 7.53.